The Balaban J connectivity index is 1.99. The van der Waals surface area contributed by atoms with E-state index in [9.17, 15) is 4.79 Å². The molecule has 3 aromatic rings. The number of rotatable bonds is 3. The third-order valence-electron chi connectivity index (χ3n) is 3.71. The molecular formula is C18H17N3O. The molecule has 0 radical (unpaired) electrons. The molecule has 0 saturated carbocycles. The van der Waals surface area contributed by atoms with Gasteiger partial charge in [-0.2, -0.15) is 5.10 Å². The molecule has 0 N–H and O–H groups in total. The lowest BCUT2D eigenvalue weighted by Crippen LogP contribution is -2.23. The second-order valence-electron chi connectivity index (χ2n) is 5.33. The molecule has 0 aliphatic carbocycles. The summed E-state index contributed by atoms with van der Waals surface area (Å²) in [4.78, 5) is 16.2. The van der Waals surface area contributed by atoms with E-state index in [1.54, 1.807) is 18.3 Å². The molecule has 4 heteroatoms. The lowest BCUT2D eigenvalue weighted by atomic mass is 10.0. The number of aryl methyl sites for hydroxylation is 2. The highest BCUT2D eigenvalue weighted by Gasteiger charge is 2.06. The van der Waals surface area contributed by atoms with E-state index in [0.29, 0.717) is 6.54 Å². The normalized spacial score (nSPS) is 10.6. The highest BCUT2D eigenvalue weighted by molar-refractivity contribution is 5.60. The molecule has 0 unspecified atom stereocenters. The van der Waals surface area contributed by atoms with Crippen molar-refractivity contribution in [2.24, 2.45) is 0 Å². The fraction of sp³-hybridized carbons (Fsp3) is 0.167. The molecule has 0 amide bonds. The van der Waals surface area contributed by atoms with Crippen LogP contribution in [0.15, 0.2) is 59.5 Å². The molecular weight excluding hydrogens is 274 g/mol. The maximum atomic E-state index is 12.0. The Hall–Kier alpha value is -2.75. The minimum atomic E-state index is -0.127. The van der Waals surface area contributed by atoms with E-state index in [1.165, 1.54) is 15.8 Å². The monoisotopic (exact) mass is 291 g/mol. The van der Waals surface area contributed by atoms with E-state index in [4.69, 9.17) is 0 Å². The number of hydrogen-bond acceptors (Lipinski definition) is 3. The first-order valence-corrected chi connectivity index (χ1v) is 7.19. The predicted molar refractivity (Wildman–Crippen MR) is 86.7 cm³/mol. The minimum absolute atomic E-state index is 0.127. The summed E-state index contributed by atoms with van der Waals surface area (Å²) in [7, 11) is 0. The Morgan fingerprint density at radius 3 is 2.59 bits per heavy atom. The van der Waals surface area contributed by atoms with Gasteiger partial charge < -0.3 is 0 Å². The zero-order chi connectivity index (χ0) is 15.5. The van der Waals surface area contributed by atoms with Gasteiger partial charge in [-0.3, -0.25) is 9.78 Å². The highest BCUT2D eigenvalue weighted by Crippen LogP contribution is 2.19. The molecule has 0 spiro atoms. The van der Waals surface area contributed by atoms with Crippen LogP contribution in [0, 0.1) is 13.8 Å². The zero-order valence-corrected chi connectivity index (χ0v) is 12.7. The number of aromatic nitrogens is 3. The van der Waals surface area contributed by atoms with Crippen LogP contribution in [-0.4, -0.2) is 14.8 Å². The summed E-state index contributed by atoms with van der Waals surface area (Å²) in [5, 5.41) is 4.47. The Kier molecular flexibility index (Phi) is 3.83. The molecule has 0 aliphatic rings. The van der Waals surface area contributed by atoms with Crippen LogP contribution in [0.3, 0.4) is 0 Å². The minimum Gasteiger partial charge on any atom is -0.268 e. The standard InChI is InChI=1S/C18H17N3O/c1-13-6-7-15(11-14(13)2)17-8-9-18(22)21(20-17)12-16-5-3-4-10-19-16/h3-11H,12H2,1-2H3. The lowest BCUT2D eigenvalue weighted by Gasteiger charge is -2.08. The maximum Gasteiger partial charge on any atom is 0.267 e. The SMILES string of the molecule is Cc1ccc(-c2ccc(=O)n(Cc3ccccn3)n2)cc1C. The summed E-state index contributed by atoms with van der Waals surface area (Å²) in [6.45, 7) is 4.52. The summed E-state index contributed by atoms with van der Waals surface area (Å²) >= 11 is 0. The smallest absolute Gasteiger partial charge is 0.267 e. The van der Waals surface area contributed by atoms with Crippen molar-refractivity contribution in [1.29, 1.82) is 0 Å². The van der Waals surface area contributed by atoms with E-state index in [1.807, 2.05) is 24.3 Å². The van der Waals surface area contributed by atoms with Gasteiger partial charge in [-0.05, 0) is 49.2 Å². The molecule has 1 aromatic carbocycles. The largest absolute Gasteiger partial charge is 0.268 e. The summed E-state index contributed by atoms with van der Waals surface area (Å²) in [5.74, 6) is 0. The van der Waals surface area contributed by atoms with Crippen LogP contribution >= 0.6 is 0 Å². The fourth-order valence-electron chi connectivity index (χ4n) is 2.26. The number of benzene rings is 1. The molecule has 3 rings (SSSR count). The van der Waals surface area contributed by atoms with Crippen molar-refractivity contribution in [3.05, 3.63) is 81.9 Å². The quantitative estimate of drug-likeness (QED) is 0.745. The third kappa shape index (κ3) is 2.96. The summed E-state index contributed by atoms with van der Waals surface area (Å²) in [5.41, 5.74) is 4.94. The lowest BCUT2D eigenvalue weighted by molar-refractivity contribution is 0.631. The Labute approximate surface area is 129 Å². The van der Waals surface area contributed by atoms with Crippen LogP contribution in [0.4, 0.5) is 0 Å². The molecule has 0 bridgehead atoms. The van der Waals surface area contributed by atoms with Gasteiger partial charge in [-0.25, -0.2) is 4.68 Å². The van der Waals surface area contributed by atoms with Gasteiger partial charge in [0.25, 0.3) is 5.56 Å². The average Bonchev–Trinajstić information content (AvgIpc) is 2.53. The molecule has 2 heterocycles. The van der Waals surface area contributed by atoms with Crippen molar-refractivity contribution in [2.75, 3.05) is 0 Å². The van der Waals surface area contributed by atoms with E-state index >= 15 is 0 Å². The van der Waals surface area contributed by atoms with Crippen LogP contribution < -0.4 is 5.56 Å². The van der Waals surface area contributed by atoms with Crippen molar-refractivity contribution in [2.45, 2.75) is 20.4 Å². The van der Waals surface area contributed by atoms with Crippen LogP contribution in [0.1, 0.15) is 16.8 Å². The fourth-order valence-corrected chi connectivity index (χ4v) is 2.26. The zero-order valence-electron chi connectivity index (χ0n) is 12.7. The van der Waals surface area contributed by atoms with Gasteiger partial charge in [0.05, 0.1) is 17.9 Å². The summed E-state index contributed by atoms with van der Waals surface area (Å²) in [6.07, 6.45) is 1.72. The topological polar surface area (TPSA) is 47.8 Å². The van der Waals surface area contributed by atoms with Crippen LogP contribution in [0.25, 0.3) is 11.3 Å². The second kappa shape index (κ2) is 5.93. The van der Waals surface area contributed by atoms with Gasteiger partial charge in [0.2, 0.25) is 0 Å². The molecule has 0 atom stereocenters. The predicted octanol–water partition coefficient (Wildman–Crippen LogP) is 2.97. The van der Waals surface area contributed by atoms with Crippen molar-refractivity contribution in [1.82, 2.24) is 14.8 Å². The molecule has 22 heavy (non-hydrogen) atoms. The van der Waals surface area contributed by atoms with Crippen LogP contribution in [0.5, 0.6) is 0 Å². The average molecular weight is 291 g/mol. The van der Waals surface area contributed by atoms with Crippen LogP contribution in [-0.2, 0) is 6.54 Å². The Bertz CT molecular complexity index is 854. The molecule has 0 saturated heterocycles. The van der Waals surface area contributed by atoms with Gasteiger partial charge in [-0.1, -0.05) is 18.2 Å². The molecule has 0 fully saturated rings. The van der Waals surface area contributed by atoms with Gasteiger partial charge in [0.1, 0.15) is 0 Å². The molecule has 4 nitrogen and oxygen atoms in total. The highest BCUT2D eigenvalue weighted by atomic mass is 16.1. The maximum absolute atomic E-state index is 12.0. The van der Waals surface area contributed by atoms with Gasteiger partial charge in [0, 0.05) is 17.8 Å². The van der Waals surface area contributed by atoms with Gasteiger partial charge in [0.15, 0.2) is 0 Å². The van der Waals surface area contributed by atoms with Gasteiger partial charge in [-0.15, -0.1) is 0 Å². The number of hydrogen-bond donors (Lipinski definition) is 0. The van der Waals surface area contributed by atoms with E-state index < -0.39 is 0 Å². The first-order chi connectivity index (χ1) is 10.6. The summed E-state index contributed by atoms with van der Waals surface area (Å²) in [6, 6.07) is 15.2. The number of pyridine rings is 1. The van der Waals surface area contributed by atoms with E-state index in [2.05, 4.69) is 36.1 Å². The molecule has 110 valence electrons. The van der Waals surface area contributed by atoms with Crippen molar-refractivity contribution < 1.29 is 0 Å². The van der Waals surface area contributed by atoms with Crippen LogP contribution in [0.2, 0.25) is 0 Å². The Morgan fingerprint density at radius 2 is 1.86 bits per heavy atom. The van der Waals surface area contributed by atoms with Crippen molar-refractivity contribution in [3.8, 4) is 11.3 Å². The molecule has 0 aliphatic heterocycles. The third-order valence-corrected chi connectivity index (χ3v) is 3.71. The van der Waals surface area contributed by atoms with Crippen molar-refractivity contribution in [3.63, 3.8) is 0 Å². The van der Waals surface area contributed by atoms with Gasteiger partial charge >= 0.3 is 0 Å². The second-order valence-corrected chi connectivity index (χ2v) is 5.33. The van der Waals surface area contributed by atoms with E-state index in [-0.39, 0.29) is 5.56 Å². The Morgan fingerprint density at radius 1 is 1.00 bits per heavy atom. The van der Waals surface area contributed by atoms with E-state index in [0.717, 1.165) is 17.0 Å². The first-order valence-electron chi connectivity index (χ1n) is 7.19. The van der Waals surface area contributed by atoms with Crippen molar-refractivity contribution >= 4 is 0 Å². The number of nitrogens with zero attached hydrogens (tertiary/aromatic N) is 3. The summed E-state index contributed by atoms with van der Waals surface area (Å²) < 4.78 is 1.45. The first kappa shape index (κ1) is 14.2. The molecule has 2 aromatic heterocycles.